The second-order valence-electron chi connectivity index (χ2n) is 6.84. The van der Waals surface area contributed by atoms with Crippen molar-refractivity contribution in [1.82, 2.24) is 10.2 Å². The molecule has 19 heavy (non-hydrogen) atoms. The summed E-state index contributed by atoms with van der Waals surface area (Å²) in [5, 5.41) is 3.73. The Morgan fingerprint density at radius 1 is 1.32 bits per heavy atom. The Bertz CT molecular complexity index is 251. The monoisotopic (exact) mass is 268 g/mol. The van der Waals surface area contributed by atoms with Crippen molar-refractivity contribution < 1.29 is 4.74 Å². The molecule has 0 bridgehead atoms. The molecule has 2 aliphatic heterocycles. The molecule has 3 unspecified atom stereocenters. The molecule has 2 saturated heterocycles. The normalized spacial score (nSPS) is 33.8. The van der Waals surface area contributed by atoms with Crippen molar-refractivity contribution in [3.8, 4) is 0 Å². The largest absolute Gasteiger partial charge is 0.378 e. The van der Waals surface area contributed by atoms with Gasteiger partial charge in [0.05, 0.1) is 6.10 Å². The molecule has 3 heteroatoms. The number of ether oxygens (including phenoxy) is 1. The summed E-state index contributed by atoms with van der Waals surface area (Å²) in [5.74, 6) is 0.783. The van der Waals surface area contributed by atoms with Gasteiger partial charge in [0.15, 0.2) is 0 Å². The third-order valence-corrected chi connectivity index (χ3v) is 4.59. The van der Waals surface area contributed by atoms with Gasteiger partial charge in [0.2, 0.25) is 0 Å². The van der Waals surface area contributed by atoms with Gasteiger partial charge in [-0.1, -0.05) is 13.8 Å². The summed E-state index contributed by atoms with van der Waals surface area (Å²) in [7, 11) is 0. The Morgan fingerprint density at radius 2 is 2.16 bits per heavy atom. The maximum Gasteiger partial charge on any atom is 0.0588 e. The van der Waals surface area contributed by atoms with E-state index in [-0.39, 0.29) is 0 Å². The van der Waals surface area contributed by atoms with Crippen LogP contribution in [0.25, 0.3) is 0 Å². The van der Waals surface area contributed by atoms with Gasteiger partial charge in [0, 0.05) is 31.8 Å². The van der Waals surface area contributed by atoms with E-state index in [1.807, 2.05) is 0 Å². The third-order valence-electron chi connectivity index (χ3n) is 4.59. The first-order valence-electron chi connectivity index (χ1n) is 8.24. The number of nitrogens with zero attached hydrogens (tertiary/aromatic N) is 1. The molecular weight excluding hydrogens is 236 g/mol. The average molecular weight is 268 g/mol. The van der Waals surface area contributed by atoms with E-state index in [1.54, 1.807) is 0 Å². The summed E-state index contributed by atoms with van der Waals surface area (Å²) in [6.45, 7) is 11.6. The predicted octanol–water partition coefficient (Wildman–Crippen LogP) is 2.65. The van der Waals surface area contributed by atoms with Gasteiger partial charge in [-0.3, -0.25) is 4.90 Å². The van der Waals surface area contributed by atoms with Gasteiger partial charge >= 0.3 is 0 Å². The second kappa shape index (κ2) is 7.61. The van der Waals surface area contributed by atoms with Crippen molar-refractivity contribution >= 4 is 0 Å². The average Bonchev–Trinajstić information content (AvgIpc) is 2.80. The first kappa shape index (κ1) is 15.3. The first-order valence-corrected chi connectivity index (χ1v) is 8.24. The minimum Gasteiger partial charge on any atom is -0.378 e. The molecule has 2 aliphatic rings. The molecule has 2 rings (SSSR count). The smallest absolute Gasteiger partial charge is 0.0588 e. The van der Waals surface area contributed by atoms with Crippen LogP contribution in [0.15, 0.2) is 0 Å². The van der Waals surface area contributed by atoms with Crippen LogP contribution in [0.5, 0.6) is 0 Å². The Hall–Kier alpha value is -0.120. The van der Waals surface area contributed by atoms with Crippen molar-refractivity contribution in [2.45, 2.75) is 71.1 Å². The minimum atomic E-state index is 0.534. The highest BCUT2D eigenvalue weighted by Crippen LogP contribution is 2.19. The van der Waals surface area contributed by atoms with Crippen LogP contribution >= 0.6 is 0 Å². The Kier molecular flexibility index (Phi) is 6.11. The summed E-state index contributed by atoms with van der Waals surface area (Å²) in [6, 6.07) is 1.39. The molecule has 112 valence electrons. The molecule has 0 aromatic rings. The maximum atomic E-state index is 5.76. The van der Waals surface area contributed by atoms with Crippen molar-refractivity contribution in [3.05, 3.63) is 0 Å². The molecule has 0 aromatic carbocycles. The topological polar surface area (TPSA) is 24.5 Å². The van der Waals surface area contributed by atoms with Gasteiger partial charge in [-0.15, -0.1) is 0 Å². The van der Waals surface area contributed by atoms with Crippen molar-refractivity contribution in [1.29, 1.82) is 0 Å². The molecule has 3 nitrogen and oxygen atoms in total. The summed E-state index contributed by atoms with van der Waals surface area (Å²) in [5.41, 5.74) is 0. The van der Waals surface area contributed by atoms with Gasteiger partial charge in [0.25, 0.3) is 0 Å². The molecule has 0 aromatic heterocycles. The van der Waals surface area contributed by atoms with Crippen LogP contribution in [0, 0.1) is 5.92 Å². The van der Waals surface area contributed by atoms with E-state index >= 15 is 0 Å². The zero-order valence-corrected chi connectivity index (χ0v) is 13.0. The Labute approximate surface area is 119 Å². The molecule has 3 atom stereocenters. The van der Waals surface area contributed by atoms with E-state index in [9.17, 15) is 0 Å². The van der Waals surface area contributed by atoms with E-state index < -0.39 is 0 Å². The molecule has 0 saturated carbocycles. The highest BCUT2D eigenvalue weighted by Gasteiger charge is 2.24. The summed E-state index contributed by atoms with van der Waals surface area (Å²) >= 11 is 0. The third kappa shape index (κ3) is 5.05. The van der Waals surface area contributed by atoms with E-state index in [4.69, 9.17) is 4.74 Å². The lowest BCUT2D eigenvalue weighted by Crippen LogP contribution is -2.41. The maximum absolute atomic E-state index is 5.76. The van der Waals surface area contributed by atoms with Crippen LogP contribution in [-0.4, -0.2) is 49.3 Å². The molecule has 0 aliphatic carbocycles. The van der Waals surface area contributed by atoms with Crippen LogP contribution < -0.4 is 5.32 Å². The zero-order valence-electron chi connectivity index (χ0n) is 13.0. The minimum absolute atomic E-state index is 0.534. The van der Waals surface area contributed by atoms with Crippen LogP contribution in [0.1, 0.15) is 52.9 Å². The lowest BCUT2D eigenvalue weighted by atomic mass is 10.0. The lowest BCUT2D eigenvalue weighted by Gasteiger charge is -2.30. The molecule has 0 spiro atoms. The SMILES string of the molecule is CC(C)CC1CN(CCC2CCCO2)C(C)CCN1. The predicted molar refractivity (Wildman–Crippen MR) is 80.5 cm³/mol. The molecule has 0 amide bonds. The number of hydrogen-bond acceptors (Lipinski definition) is 3. The standard InChI is InChI=1S/C16H32N2O/c1-13(2)11-15-12-18(14(3)6-8-17-15)9-7-16-5-4-10-19-16/h13-17H,4-12H2,1-3H3. The molecule has 2 heterocycles. The lowest BCUT2D eigenvalue weighted by molar-refractivity contribution is 0.0847. The fourth-order valence-corrected chi connectivity index (χ4v) is 3.43. The number of hydrogen-bond donors (Lipinski definition) is 1. The molecule has 2 fully saturated rings. The van der Waals surface area contributed by atoms with Gasteiger partial charge in [-0.2, -0.15) is 0 Å². The second-order valence-corrected chi connectivity index (χ2v) is 6.84. The number of nitrogens with one attached hydrogen (secondary N) is 1. The van der Waals surface area contributed by atoms with Gasteiger partial charge < -0.3 is 10.1 Å². The van der Waals surface area contributed by atoms with Gasteiger partial charge in [0.1, 0.15) is 0 Å². The quantitative estimate of drug-likeness (QED) is 0.829. The van der Waals surface area contributed by atoms with E-state index in [1.165, 1.54) is 51.7 Å². The first-order chi connectivity index (χ1) is 9.15. The molecule has 0 radical (unpaired) electrons. The highest BCUT2D eigenvalue weighted by atomic mass is 16.5. The van der Waals surface area contributed by atoms with E-state index in [2.05, 4.69) is 31.0 Å². The fourth-order valence-electron chi connectivity index (χ4n) is 3.43. The van der Waals surface area contributed by atoms with E-state index in [0.717, 1.165) is 12.5 Å². The van der Waals surface area contributed by atoms with Gasteiger partial charge in [-0.25, -0.2) is 0 Å². The van der Waals surface area contributed by atoms with Crippen molar-refractivity contribution in [2.24, 2.45) is 5.92 Å². The van der Waals surface area contributed by atoms with Crippen LogP contribution in [0.3, 0.4) is 0 Å². The van der Waals surface area contributed by atoms with Crippen LogP contribution in [-0.2, 0) is 4.74 Å². The Morgan fingerprint density at radius 3 is 2.84 bits per heavy atom. The zero-order chi connectivity index (χ0) is 13.7. The van der Waals surface area contributed by atoms with Crippen molar-refractivity contribution in [3.63, 3.8) is 0 Å². The summed E-state index contributed by atoms with van der Waals surface area (Å²) in [4.78, 5) is 2.69. The van der Waals surface area contributed by atoms with Crippen molar-refractivity contribution in [2.75, 3.05) is 26.2 Å². The van der Waals surface area contributed by atoms with E-state index in [0.29, 0.717) is 18.2 Å². The fraction of sp³-hybridized carbons (Fsp3) is 1.00. The van der Waals surface area contributed by atoms with Crippen LogP contribution in [0.4, 0.5) is 0 Å². The number of rotatable bonds is 5. The summed E-state index contributed by atoms with van der Waals surface area (Å²) < 4.78 is 5.76. The molecule has 1 N–H and O–H groups in total. The van der Waals surface area contributed by atoms with Crippen LogP contribution in [0.2, 0.25) is 0 Å². The highest BCUT2D eigenvalue weighted by molar-refractivity contribution is 4.82. The Balaban J connectivity index is 1.80. The molecular formula is C16H32N2O. The summed E-state index contributed by atoms with van der Waals surface area (Å²) in [6.07, 6.45) is 6.86. The van der Waals surface area contributed by atoms with Gasteiger partial charge in [-0.05, 0) is 51.5 Å².